The highest BCUT2D eigenvalue weighted by Crippen LogP contribution is 2.40. The Bertz CT molecular complexity index is 117. The lowest BCUT2D eigenvalue weighted by Crippen LogP contribution is -2.53. The zero-order chi connectivity index (χ0) is 7.83. The van der Waals surface area contributed by atoms with Crippen LogP contribution in [0.3, 0.4) is 0 Å². The van der Waals surface area contributed by atoms with Crippen molar-refractivity contribution in [2.75, 3.05) is 0 Å². The second-order valence-electron chi connectivity index (χ2n) is 2.77. The summed E-state index contributed by atoms with van der Waals surface area (Å²) in [7, 11) is 0. The average molecular weight is 153 g/mol. The smallest absolute Gasteiger partial charge is 0.294 e. The number of halogens is 3. The molecule has 1 rings (SSSR count). The summed E-state index contributed by atoms with van der Waals surface area (Å²) >= 11 is 0. The Hall–Kier alpha value is -0.250. The van der Waals surface area contributed by atoms with Crippen molar-refractivity contribution in [2.45, 2.75) is 37.4 Å². The third-order valence-electron chi connectivity index (χ3n) is 1.89. The van der Waals surface area contributed by atoms with E-state index in [9.17, 15) is 13.2 Å². The van der Waals surface area contributed by atoms with Gasteiger partial charge in [-0.05, 0) is 12.8 Å². The topological polar surface area (TPSA) is 26.0 Å². The standard InChI is InChI=1S/C6H10F3N/c7-5(8)3-1-2-4-6(5,9)10/h1-4,10H2. The van der Waals surface area contributed by atoms with E-state index in [0.717, 1.165) is 0 Å². The van der Waals surface area contributed by atoms with Crippen molar-refractivity contribution in [1.82, 2.24) is 0 Å². The molecule has 1 saturated carbocycles. The molecule has 0 saturated heterocycles. The van der Waals surface area contributed by atoms with Crippen molar-refractivity contribution in [3.8, 4) is 0 Å². The maximum atomic E-state index is 12.7. The first-order valence-electron chi connectivity index (χ1n) is 3.31. The first-order chi connectivity index (χ1) is 4.46. The van der Waals surface area contributed by atoms with Gasteiger partial charge in [-0.2, -0.15) is 0 Å². The van der Waals surface area contributed by atoms with Crippen LogP contribution in [0.15, 0.2) is 0 Å². The van der Waals surface area contributed by atoms with Gasteiger partial charge in [0.15, 0.2) is 0 Å². The summed E-state index contributed by atoms with van der Waals surface area (Å²) in [6.07, 6.45) is 0.193. The van der Waals surface area contributed by atoms with Crippen LogP contribution in [0.2, 0.25) is 0 Å². The van der Waals surface area contributed by atoms with Gasteiger partial charge in [-0.25, -0.2) is 13.2 Å². The van der Waals surface area contributed by atoms with Gasteiger partial charge in [0.1, 0.15) is 0 Å². The molecule has 4 heteroatoms. The molecule has 0 radical (unpaired) electrons. The van der Waals surface area contributed by atoms with Gasteiger partial charge in [0.2, 0.25) is 5.79 Å². The number of hydrogen-bond acceptors (Lipinski definition) is 1. The SMILES string of the molecule is NC1(F)CCCCC1(F)F. The predicted octanol–water partition coefficient (Wildman–Crippen LogP) is 1.82. The summed E-state index contributed by atoms with van der Waals surface area (Å²) < 4.78 is 37.6. The normalized spacial score (nSPS) is 39.6. The third-order valence-corrected chi connectivity index (χ3v) is 1.89. The molecule has 0 aliphatic heterocycles. The molecule has 1 atom stereocenters. The molecule has 0 amide bonds. The Morgan fingerprint density at radius 3 is 1.80 bits per heavy atom. The fourth-order valence-corrected chi connectivity index (χ4v) is 1.12. The van der Waals surface area contributed by atoms with Gasteiger partial charge >= 0.3 is 0 Å². The maximum absolute atomic E-state index is 12.7. The van der Waals surface area contributed by atoms with Crippen LogP contribution < -0.4 is 5.73 Å². The average Bonchev–Trinajstić information content (AvgIpc) is 1.77. The molecule has 0 aromatic carbocycles. The van der Waals surface area contributed by atoms with Gasteiger partial charge in [-0.15, -0.1) is 0 Å². The predicted molar refractivity (Wildman–Crippen MR) is 31.4 cm³/mol. The summed E-state index contributed by atoms with van der Waals surface area (Å²) in [5, 5.41) is 0. The van der Waals surface area contributed by atoms with E-state index in [4.69, 9.17) is 5.73 Å². The highest BCUT2D eigenvalue weighted by atomic mass is 19.3. The van der Waals surface area contributed by atoms with Crippen molar-refractivity contribution in [1.29, 1.82) is 0 Å². The van der Waals surface area contributed by atoms with Crippen LogP contribution in [0.1, 0.15) is 25.7 Å². The molecule has 0 aromatic rings. The van der Waals surface area contributed by atoms with E-state index in [2.05, 4.69) is 0 Å². The van der Waals surface area contributed by atoms with Crippen molar-refractivity contribution in [3.05, 3.63) is 0 Å². The first-order valence-corrected chi connectivity index (χ1v) is 3.31. The Balaban J connectivity index is 2.70. The fourth-order valence-electron chi connectivity index (χ4n) is 1.12. The number of nitrogens with two attached hydrogens (primary N) is 1. The van der Waals surface area contributed by atoms with E-state index in [1.165, 1.54) is 0 Å². The molecular weight excluding hydrogens is 143 g/mol. The first kappa shape index (κ1) is 7.85. The number of alkyl halides is 3. The molecule has 1 aliphatic carbocycles. The molecule has 10 heavy (non-hydrogen) atoms. The van der Waals surface area contributed by atoms with Crippen LogP contribution in [0, 0.1) is 0 Å². The highest BCUT2D eigenvalue weighted by molar-refractivity contribution is 4.91. The van der Waals surface area contributed by atoms with Gasteiger partial charge < -0.3 is 0 Å². The lowest BCUT2D eigenvalue weighted by molar-refractivity contribution is -0.159. The van der Waals surface area contributed by atoms with E-state index in [-0.39, 0.29) is 6.42 Å². The lowest BCUT2D eigenvalue weighted by Gasteiger charge is -2.33. The van der Waals surface area contributed by atoms with Crippen LogP contribution in [0.25, 0.3) is 0 Å². The minimum atomic E-state index is -3.31. The maximum Gasteiger partial charge on any atom is 0.294 e. The van der Waals surface area contributed by atoms with E-state index in [1.54, 1.807) is 0 Å². The molecule has 1 unspecified atom stereocenters. The van der Waals surface area contributed by atoms with Crippen molar-refractivity contribution < 1.29 is 13.2 Å². The van der Waals surface area contributed by atoms with Crippen molar-refractivity contribution >= 4 is 0 Å². The van der Waals surface area contributed by atoms with Crippen LogP contribution in [-0.2, 0) is 0 Å². The quantitative estimate of drug-likeness (QED) is 0.528. The summed E-state index contributed by atoms with van der Waals surface area (Å²) in [5.41, 5.74) is 4.74. The molecule has 0 spiro atoms. The third kappa shape index (κ3) is 1.12. The monoisotopic (exact) mass is 153 g/mol. The Morgan fingerprint density at radius 2 is 1.50 bits per heavy atom. The number of hydrogen-bond donors (Lipinski definition) is 1. The zero-order valence-electron chi connectivity index (χ0n) is 5.54. The molecular formula is C6H10F3N. The van der Waals surface area contributed by atoms with Crippen molar-refractivity contribution in [2.24, 2.45) is 5.73 Å². The minimum absolute atomic E-state index is 0.222. The second kappa shape index (κ2) is 2.12. The van der Waals surface area contributed by atoms with Gasteiger partial charge in [-0.3, -0.25) is 5.73 Å². The van der Waals surface area contributed by atoms with Gasteiger partial charge in [0, 0.05) is 12.8 Å². The summed E-state index contributed by atoms with van der Waals surface area (Å²) in [5.74, 6) is -6.07. The van der Waals surface area contributed by atoms with Gasteiger partial charge in [0.25, 0.3) is 5.92 Å². The molecule has 1 nitrogen and oxygen atoms in total. The van der Waals surface area contributed by atoms with Gasteiger partial charge in [-0.1, -0.05) is 0 Å². The van der Waals surface area contributed by atoms with E-state index in [1.807, 2.05) is 0 Å². The van der Waals surface area contributed by atoms with E-state index in [0.29, 0.717) is 12.8 Å². The molecule has 2 N–H and O–H groups in total. The van der Waals surface area contributed by atoms with Crippen LogP contribution in [0.5, 0.6) is 0 Å². The molecule has 1 fully saturated rings. The van der Waals surface area contributed by atoms with Crippen molar-refractivity contribution in [3.63, 3.8) is 0 Å². The van der Waals surface area contributed by atoms with Crippen LogP contribution in [0.4, 0.5) is 13.2 Å². The summed E-state index contributed by atoms with van der Waals surface area (Å²) in [4.78, 5) is 0. The summed E-state index contributed by atoms with van der Waals surface area (Å²) in [6, 6.07) is 0. The van der Waals surface area contributed by atoms with E-state index < -0.39 is 18.1 Å². The largest absolute Gasteiger partial charge is 0.294 e. The molecule has 0 aromatic heterocycles. The summed E-state index contributed by atoms with van der Waals surface area (Å²) in [6.45, 7) is 0. The molecule has 0 bridgehead atoms. The fraction of sp³-hybridized carbons (Fsp3) is 1.00. The Labute approximate surface area is 57.4 Å². The Morgan fingerprint density at radius 1 is 1.00 bits per heavy atom. The number of rotatable bonds is 0. The molecule has 0 heterocycles. The Kier molecular flexibility index (Phi) is 1.66. The van der Waals surface area contributed by atoms with Crippen LogP contribution in [-0.4, -0.2) is 11.7 Å². The van der Waals surface area contributed by atoms with Gasteiger partial charge in [0.05, 0.1) is 0 Å². The van der Waals surface area contributed by atoms with Crippen LogP contribution >= 0.6 is 0 Å². The lowest BCUT2D eigenvalue weighted by atomic mass is 9.90. The molecule has 60 valence electrons. The zero-order valence-corrected chi connectivity index (χ0v) is 5.54. The minimum Gasteiger partial charge on any atom is -0.294 e. The van der Waals surface area contributed by atoms with E-state index >= 15 is 0 Å². The highest BCUT2D eigenvalue weighted by Gasteiger charge is 2.52. The molecule has 1 aliphatic rings. The second-order valence-corrected chi connectivity index (χ2v) is 2.77.